The molecule has 0 aliphatic rings. The number of nitrogens with zero attached hydrogens (tertiary/aromatic N) is 3. The average molecular weight is 324 g/mol. The second-order valence-corrected chi connectivity index (χ2v) is 5.73. The van der Waals surface area contributed by atoms with Crippen LogP contribution in [0.25, 0.3) is 11.3 Å². The number of amides is 1. The number of aromatic nitrogens is 3. The van der Waals surface area contributed by atoms with Crippen LogP contribution < -0.4 is 5.32 Å². The van der Waals surface area contributed by atoms with Crippen LogP contribution in [0, 0.1) is 6.92 Å². The van der Waals surface area contributed by atoms with Gasteiger partial charge >= 0.3 is 0 Å². The predicted molar refractivity (Wildman–Crippen MR) is 90.5 cm³/mol. The third kappa shape index (κ3) is 3.37. The van der Waals surface area contributed by atoms with Crippen molar-refractivity contribution in [1.82, 2.24) is 20.3 Å². The maximum absolute atomic E-state index is 12.3. The fraction of sp³-hybridized carbons (Fsp3) is 0.278. The Bertz CT molecular complexity index is 833. The number of hydrogen-bond donors (Lipinski definition) is 1. The van der Waals surface area contributed by atoms with E-state index in [0.29, 0.717) is 5.76 Å². The van der Waals surface area contributed by atoms with Gasteiger partial charge in [-0.05, 0) is 26.8 Å². The van der Waals surface area contributed by atoms with Crippen molar-refractivity contribution >= 4 is 5.91 Å². The standard InChI is InChI=1S/C18H20N4O2/c1-4-22-10-9-15(20-22)13(3)19-18(23)16-11-17(24-21-16)14-7-5-12(2)6-8-14/h5-11,13H,4H2,1-3H3,(H,19,23). The van der Waals surface area contributed by atoms with Gasteiger partial charge in [0.05, 0.1) is 11.7 Å². The first-order chi connectivity index (χ1) is 11.6. The van der Waals surface area contributed by atoms with Gasteiger partial charge in [0.25, 0.3) is 5.91 Å². The van der Waals surface area contributed by atoms with Crippen molar-refractivity contribution in [1.29, 1.82) is 0 Å². The van der Waals surface area contributed by atoms with E-state index in [0.717, 1.165) is 23.4 Å². The van der Waals surface area contributed by atoms with Crippen LogP contribution in [0.3, 0.4) is 0 Å². The first-order valence-electron chi connectivity index (χ1n) is 7.94. The molecule has 6 heteroatoms. The number of aryl methyl sites for hydroxylation is 2. The van der Waals surface area contributed by atoms with Crippen molar-refractivity contribution in [3.05, 3.63) is 59.5 Å². The quantitative estimate of drug-likeness (QED) is 0.781. The molecule has 6 nitrogen and oxygen atoms in total. The molecule has 2 aromatic heterocycles. The van der Waals surface area contributed by atoms with Crippen LogP contribution in [0.15, 0.2) is 47.1 Å². The molecule has 1 atom stereocenters. The molecule has 0 radical (unpaired) electrons. The van der Waals surface area contributed by atoms with Gasteiger partial charge in [0.2, 0.25) is 0 Å². The Morgan fingerprint density at radius 1 is 1.29 bits per heavy atom. The molecule has 2 heterocycles. The van der Waals surface area contributed by atoms with E-state index in [4.69, 9.17) is 4.52 Å². The third-order valence-electron chi connectivity index (χ3n) is 3.86. The van der Waals surface area contributed by atoms with Crippen LogP contribution in [0.4, 0.5) is 0 Å². The van der Waals surface area contributed by atoms with Crippen molar-refractivity contribution in [3.63, 3.8) is 0 Å². The van der Waals surface area contributed by atoms with Crippen molar-refractivity contribution < 1.29 is 9.32 Å². The first kappa shape index (κ1) is 16.0. The molecule has 0 saturated heterocycles. The summed E-state index contributed by atoms with van der Waals surface area (Å²) in [5.74, 6) is 0.290. The first-order valence-corrected chi connectivity index (χ1v) is 7.94. The molecule has 3 rings (SSSR count). The second-order valence-electron chi connectivity index (χ2n) is 5.73. The number of nitrogens with one attached hydrogen (secondary N) is 1. The Balaban J connectivity index is 1.70. The van der Waals surface area contributed by atoms with Crippen LogP contribution in [0.5, 0.6) is 0 Å². The van der Waals surface area contributed by atoms with Crippen LogP contribution in [0.1, 0.15) is 41.6 Å². The smallest absolute Gasteiger partial charge is 0.274 e. The number of benzene rings is 1. The van der Waals surface area contributed by atoms with Crippen molar-refractivity contribution in [2.24, 2.45) is 0 Å². The van der Waals surface area contributed by atoms with Crippen molar-refractivity contribution in [3.8, 4) is 11.3 Å². The van der Waals surface area contributed by atoms with E-state index in [1.165, 1.54) is 0 Å². The molecule has 1 N–H and O–H groups in total. The maximum atomic E-state index is 12.3. The largest absolute Gasteiger partial charge is 0.355 e. The van der Waals surface area contributed by atoms with Gasteiger partial charge in [0, 0.05) is 24.4 Å². The van der Waals surface area contributed by atoms with E-state index < -0.39 is 0 Å². The normalized spacial score (nSPS) is 12.1. The number of carbonyl (C=O) groups excluding carboxylic acids is 1. The highest BCUT2D eigenvalue weighted by Gasteiger charge is 2.17. The summed E-state index contributed by atoms with van der Waals surface area (Å²) in [5, 5.41) is 11.2. The minimum absolute atomic E-state index is 0.204. The lowest BCUT2D eigenvalue weighted by Gasteiger charge is -2.09. The van der Waals surface area contributed by atoms with E-state index in [-0.39, 0.29) is 17.6 Å². The molecule has 0 fully saturated rings. The number of carbonyl (C=O) groups is 1. The highest BCUT2D eigenvalue weighted by atomic mass is 16.5. The summed E-state index contributed by atoms with van der Waals surface area (Å²) in [5.41, 5.74) is 3.12. The summed E-state index contributed by atoms with van der Waals surface area (Å²) in [6.07, 6.45) is 1.89. The topological polar surface area (TPSA) is 73.0 Å². The molecule has 0 aliphatic carbocycles. The fourth-order valence-corrected chi connectivity index (χ4v) is 2.37. The molecule has 3 aromatic rings. The highest BCUT2D eigenvalue weighted by Crippen LogP contribution is 2.21. The maximum Gasteiger partial charge on any atom is 0.274 e. The Morgan fingerprint density at radius 3 is 2.71 bits per heavy atom. The molecule has 0 saturated carbocycles. The van der Waals surface area contributed by atoms with Crippen molar-refractivity contribution in [2.75, 3.05) is 0 Å². The minimum Gasteiger partial charge on any atom is -0.355 e. The van der Waals surface area contributed by atoms with E-state index in [1.54, 1.807) is 6.07 Å². The third-order valence-corrected chi connectivity index (χ3v) is 3.86. The molecule has 1 aromatic carbocycles. The predicted octanol–water partition coefficient (Wildman–Crippen LogP) is 3.36. The molecular formula is C18H20N4O2. The van der Waals surface area contributed by atoms with Crippen LogP contribution in [0.2, 0.25) is 0 Å². The zero-order valence-electron chi connectivity index (χ0n) is 14.0. The fourth-order valence-electron chi connectivity index (χ4n) is 2.37. The second kappa shape index (κ2) is 6.70. The molecule has 0 spiro atoms. The molecule has 24 heavy (non-hydrogen) atoms. The van der Waals surface area contributed by atoms with E-state index in [1.807, 2.05) is 62.0 Å². The lowest BCUT2D eigenvalue weighted by atomic mass is 10.1. The number of rotatable bonds is 5. The Labute approximate surface area is 140 Å². The molecule has 0 bridgehead atoms. The molecule has 0 aliphatic heterocycles. The number of hydrogen-bond acceptors (Lipinski definition) is 4. The summed E-state index contributed by atoms with van der Waals surface area (Å²) < 4.78 is 7.11. The van der Waals surface area contributed by atoms with Gasteiger partial charge in [-0.15, -0.1) is 0 Å². The lowest BCUT2D eigenvalue weighted by Crippen LogP contribution is -2.27. The average Bonchev–Trinajstić information content (AvgIpc) is 3.25. The monoisotopic (exact) mass is 324 g/mol. The van der Waals surface area contributed by atoms with Gasteiger partial charge < -0.3 is 9.84 Å². The zero-order chi connectivity index (χ0) is 17.1. The molecule has 124 valence electrons. The molecule has 1 unspecified atom stereocenters. The van der Waals surface area contributed by atoms with E-state index in [9.17, 15) is 4.79 Å². The minimum atomic E-state index is -0.282. The van der Waals surface area contributed by atoms with Crippen LogP contribution in [-0.4, -0.2) is 20.8 Å². The van der Waals surface area contributed by atoms with Gasteiger partial charge in [-0.3, -0.25) is 9.48 Å². The van der Waals surface area contributed by atoms with Gasteiger partial charge in [-0.25, -0.2) is 0 Å². The van der Waals surface area contributed by atoms with E-state index >= 15 is 0 Å². The lowest BCUT2D eigenvalue weighted by molar-refractivity contribution is 0.0930. The van der Waals surface area contributed by atoms with Gasteiger partial charge in [0.15, 0.2) is 11.5 Å². The summed E-state index contributed by atoms with van der Waals surface area (Å²) >= 11 is 0. The van der Waals surface area contributed by atoms with E-state index in [2.05, 4.69) is 15.6 Å². The highest BCUT2D eigenvalue weighted by molar-refractivity contribution is 5.93. The SMILES string of the molecule is CCn1ccc(C(C)NC(=O)c2cc(-c3ccc(C)cc3)on2)n1. The summed E-state index contributed by atoms with van der Waals surface area (Å²) in [6, 6.07) is 11.2. The van der Waals surface area contributed by atoms with Crippen LogP contribution >= 0.6 is 0 Å². The summed E-state index contributed by atoms with van der Waals surface area (Å²) in [7, 11) is 0. The Morgan fingerprint density at radius 2 is 2.04 bits per heavy atom. The van der Waals surface area contributed by atoms with Crippen molar-refractivity contribution in [2.45, 2.75) is 33.4 Å². The molecule has 1 amide bonds. The van der Waals surface area contributed by atoms with Gasteiger partial charge in [0.1, 0.15) is 0 Å². The summed E-state index contributed by atoms with van der Waals surface area (Å²) in [4.78, 5) is 12.3. The Hall–Kier alpha value is -2.89. The van der Waals surface area contributed by atoms with Gasteiger partial charge in [-0.1, -0.05) is 35.0 Å². The van der Waals surface area contributed by atoms with Gasteiger partial charge in [-0.2, -0.15) is 5.10 Å². The molecular weight excluding hydrogens is 304 g/mol. The summed E-state index contributed by atoms with van der Waals surface area (Å²) in [6.45, 7) is 6.72. The van der Waals surface area contributed by atoms with Crippen LogP contribution in [-0.2, 0) is 6.54 Å². The zero-order valence-corrected chi connectivity index (χ0v) is 14.0. The Kier molecular flexibility index (Phi) is 4.46.